The molecule has 0 saturated carbocycles. The standard InChI is InChI=1S/C12H10.C8H6O4/c1-3-7-11(8-4-1)12-9-5-2-6-10-12;9-8(10)5-1-2-6-7(3-5)12-4-11-6/h1-10H;1-3H,4H2,(H,9,10). The predicted octanol–water partition coefficient (Wildman–Crippen LogP) is 4.47. The molecule has 0 amide bonds. The van der Waals surface area contributed by atoms with E-state index >= 15 is 0 Å². The molecule has 0 spiro atoms. The molecule has 0 atom stereocenters. The number of aromatic carboxylic acids is 1. The van der Waals surface area contributed by atoms with Gasteiger partial charge in [-0.05, 0) is 29.3 Å². The zero-order chi connectivity index (χ0) is 16.8. The maximum Gasteiger partial charge on any atom is 0.335 e. The first-order chi connectivity index (χ1) is 11.7. The summed E-state index contributed by atoms with van der Waals surface area (Å²) in [4.78, 5) is 10.5. The lowest BCUT2D eigenvalue weighted by atomic mass is 10.1. The van der Waals surface area contributed by atoms with E-state index in [9.17, 15) is 4.79 Å². The van der Waals surface area contributed by atoms with Gasteiger partial charge in [0.05, 0.1) is 5.56 Å². The normalized spacial score (nSPS) is 11.3. The summed E-state index contributed by atoms with van der Waals surface area (Å²) in [6.07, 6.45) is 0. The lowest BCUT2D eigenvalue weighted by Crippen LogP contribution is -1.95. The van der Waals surface area contributed by atoms with Crippen molar-refractivity contribution in [1.29, 1.82) is 0 Å². The van der Waals surface area contributed by atoms with E-state index in [1.807, 2.05) is 12.1 Å². The third-order valence-corrected chi connectivity index (χ3v) is 3.50. The molecule has 4 rings (SSSR count). The number of carbonyl (C=O) groups is 1. The van der Waals surface area contributed by atoms with Crippen molar-refractivity contribution in [3.63, 3.8) is 0 Å². The van der Waals surface area contributed by atoms with Gasteiger partial charge in [-0.15, -0.1) is 0 Å². The van der Waals surface area contributed by atoms with Crippen LogP contribution in [0.1, 0.15) is 10.4 Å². The van der Waals surface area contributed by atoms with Gasteiger partial charge in [-0.25, -0.2) is 4.79 Å². The molecule has 24 heavy (non-hydrogen) atoms. The smallest absolute Gasteiger partial charge is 0.335 e. The fourth-order valence-electron chi connectivity index (χ4n) is 2.29. The maximum absolute atomic E-state index is 10.5. The van der Waals surface area contributed by atoms with Crippen LogP contribution < -0.4 is 9.47 Å². The minimum Gasteiger partial charge on any atom is -0.478 e. The van der Waals surface area contributed by atoms with Gasteiger partial charge in [0.2, 0.25) is 6.79 Å². The van der Waals surface area contributed by atoms with Gasteiger partial charge in [-0.3, -0.25) is 0 Å². The number of hydrogen-bond acceptors (Lipinski definition) is 3. The largest absolute Gasteiger partial charge is 0.478 e. The monoisotopic (exact) mass is 320 g/mol. The quantitative estimate of drug-likeness (QED) is 0.757. The Labute approximate surface area is 139 Å². The highest BCUT2D eigenvalue weighted by atomic mass is 16.7. The van der Waals surface area contributed by atoms with Gasteiger partial charge >= 0.3 is 5.97 Å². The van der Waals surface area contributed by atoms with Crippen molar-refractivity contribution in [2.75, 3.05) is 6.79 Å². The lowest BCUT2D eigenvalue weighted by Gasteiger charge is -1.98. The summed E-state index contributed by atoms with van der Waals surface area (Å²) in [5, 5.41) is 8.62. The van der Waals surface area contributed by atoms with Crippen molar-refractivity contribution < 1.29 is 19.4 Å². The Balaban J connectivity index is 0.000000141. The van der Waals surface area contributed by atoms with E-state index in [0.717, 1.165) is 0 Å². The molecule has 120 valence electrons. The molecule has 0 radical (unpaired) electrons. The summed E-state index contributed by atoms with van der Waals surface area (Å²) < 4.78 is 10.0. The van der Waals surface area contributed by atoms with Crippen molar-refractivity contribution >= 4 is 5.97 Å². The molecule has 0 aliphatic carbocycles. The highest BCUT2D eigenvalue weighted by Gasteiger charge is 2.15. The first kappa shape index (κ1) is 15.6. The molecule has 0 aromatic heterocycles. The van der Waals surface area contributed by atoms with E-state index in [1.54, 1.807) is 6.07 Å². The van der Waals surface area contributed by atoms with E-state index in [2.05, 4.69) is 48.5 Å². The van der Waals surface area contributed by atoms with E-state index in [-0.39, 0.29) is 12.4 Å². The summed E-state index contributed by atoms with van der Waals surface area (Å²) in [7, 11) is 0. The molecule has 4 nitrogen and oxygen atoms in total. The Morgan fingerprint density at radius 3 is 1.83 bits per heavy atom. The van der Waals surface area contributed by atoms with Gasteiger partial charge in [0.1, 0.15) is 0 Å². The summed E-state index contributed by atoms with van der Waals surface area (Å²) in [5.74, 6) is 0.128. The van der Waals surface area contributed by atoms with E-state index < -0.39 is 5.97 Å². The van der Waals surface area contributed by atoms with Gasteiger partial charge in [-0.1, -0.05) is 60.7 Å². The van der Waals surface area contributed by atoms with Gasteiger partial charge in [0.15, 0.2) is 11.5 Å². The molecule has 0 fully saturated rings. The van der Waals surface area contributed by atoms with Crippen LogP contribution in [-0.2, 0) is 0 Å². The average Bonchev–Trinajstić information content (AvgIpc) is 3.11. The van der Waals surface area contributed by atoms with Crippen LogP contribution in [0.4, 0.5) is 0 Å². The second-order valence-corrected chi connectivity index (χ2v) is 5.11. The molecular weight excluding hydrogens is 304 g/mol. The average molecular weight is 320 g/mol. The number of benzene rings is 3. The second kappa shape index (κ2) is 7.33. The maximum atomic E-state index is 10.5. The molecule has 1 heterocycles. The number of rotatable bonds is 2. The molecule has 3 aromatic rings. The van der Waals surface area contributed by atoms with Crippen LogP contribution in [0.3, 0.4) is 0 Å². The molecule has 1 aliphatic heterocycles. The zero-order valence-corrected chi connectivity index (χ0v) is 12.9. The fourth-order valence-corrected chi connectivity index (χ4v) is 2.29. The van der Waals surface area contributed by atoms with Crippen LogP contribution in [0.15, 0.2) is 78.9 Å². The van der Waals surface area contributed by atoms with Crippen LogP contribution in [0.5, 0.6) is 11.5 Å². The highest BCUT2D eigenvalue weighted by Crippen LogP contribution is 2.32. The number of fused-ring (bicyclic) bond motifs is 1. The topological polar surface area (TPSA) is 55.8 Å². The van der Waals surface area contributed by atoms with Crippen molar-refractivity contribution in [2.45, 2.75) is 0 Å². The van der Waals surface area contributed by atoms with Gasteiger partial charge < -0.3 is 14.6 Å². The Morgan fingerprint density at radius 1 is 0.750 bits per heavy atom. The summed E-state index contributed by atoms with van der Waals surface area (Å²) in [6.45, 7) is 0.165. The SMILES string of the molecule is O=C(O)c1ccc2c(c1)OCO2.c1ccc(-c2ccccc2)cc1. The second-order valence-electron chi connectivity index (χ2n) is 5.11. The first-order valence-corrected chi connectivity index (χ1v) is 7.47. The van der Waals surface area contributed by atoms with Crippen molar-refractivity contribution in [1.82, 2.24) is 0 Å². The minimum absolute atomic E-state index is 0.165. The molecular formula is C20H16O4. The lowest BCUT2D eigenvalue weighted by molar-refractivity contribution is 0.0696. The van der Waals surface area contributed by atoms with Crippen molar-refractivity contribution in [2.24, 2.45) is 0 Å². The molecule has 4 heteroatoms. The number of ether oxygens (including phenoxy) is 2. The number of hydrogen-bond donors (Lipinski definition) is 1. The molecule has 0 saturated heterocycles. The molecule has 1 aliphatic rings. The Bertz CT molecular complexity index is 776. The predicted molar refractivity (Wildman–Crippen MR) is 91.4 cm³/mol. The van der Waals surface area contributed by atoms with Crippen LogP contribution in [-0.4, -0.2) is 17.9 Å². The van der Waals surface area contributed by atoms with E-state index in [1.165, 1.54) is 23.3 Å². The molecule has 0 bridgehead atoms. The van der Waals surface area contributed by atoms with E-state index in [0.29, 0.717) is 11.5 Å². The van der Waals surface area contributed by atoms with Crippen LogP contribution >= 0.6 is 0 Å². The fraction of sp³-hybridized carbons (Fsp3) is 0.0500. The minimum atomic E-state index is -0.965. The van der Waals surface area contributed by atoms with Crippen LogP contribution in [0.2, 0.25) is 0 Å². The Morgan fingerprint density at radius 2 is 1.29 bits per heavy atom. The third-order valence-electron chi connectivity index (χ3n) is 3.50. The van der Waals surface area contributed by atoms with E-state index in [4.69, 9.17) is 14.6 Å². The molecule has 3 aromatic carbocycles. The first-order valence-electron chi connectivity index (χ1n) is 7.47. The Kier molecular flexibility index (Phi) is 4.77. The van der Waals surface area contributed by atoms with Crippen LogP contribution in [0.25, 0.3) is 11.1 Å². The Hall–Kier alpha value is -3.27. The zero-order valence-electron chi connectivity index (χ0n) is 12.9. The van der Waals surface area contributed by atoms with Gasteiger partial charge in [0, 0.05) is 0 Å². The summed E-state index contributed by atoms with van der Waals surface area (Å²) in [5.41, 5.74) is 2.76. The highest BCUT2D eigenvalue weighted by molar-refractivity contribution is 5.88. The van der Waals surface area contributed by atoms with Crippen molar-refractivity contribution in [3.05, 3.63) is 84.4 Å². The van der Waals surface area contributed by atoms with Crippen LogP contribution in [0, 0.1) is 0 Å². The summed E-state index contributed by atoms with van der Waals surface area (Å²) >= 11 is 0. The van der Waals surface area contributed by atoms with Crippen molar-refractivity contribution in [3.8, 4) is 22.6 Å². The van der Waals surface area contributed by atoms with Gasteiger partial charge in [0.25, 0.3) is 0 Å². The number of carboxylic acids is 1. The summed E-state index contributed by atoms with van der Waals surface area (Å²) in [6, 6.07) is 25.3. The third kappa shape index (κ3) is 3.73. The molecule has 0 unspecified atom stereocenters. The van der Waals surface area contributed by atoms with Gasteiger partial charge in [-0.2, -0.15) is 0 Å². The molecule has 1 N–H and O–H groups in total. The number of carboxylic acid groups (broad SMARTS) is 1.